The van der Waals surface area contributed by atoms with Crippen molar-refractivity contribution in [1.82, 2.24) is 15.5 Å². The number of benzene rings is 1. The van der Waals surface area contributed by atoms with Crippen molar-refractivity contribution in [3.8, 4) is 0 Å². The van der Waals surface area contributed by atoms with Gasteiger partial charge in [0, 0.05) is 6.54 Å². The third-order valence-electron chi connectivity index (χ3n) is 2.86. The van der Waals surface area contributed by atoms with E-state index in [2.05, 4.69) is 15.5 Å². The van der Waals surface area contributed by atoms with Crippen LogP contribution in [-0.4, -0.2) is 31.1 Å². The summed E-state index contributed by atoms with van der Waals surface area (Å²) in [7, 11) is -3.68. The second-order valence-electron chi connectivity index (χ2n) is 4.39. The Morgan fingerprint density at radius 1 is 1.29 bits per heavy atom. The van der Waals surface area contributed by atoms with Crippen LogP contribution < -0.4 is 16.2 Å². The number of nitrogens with two attached hydrogens (primary N) is 2. The van der Waals surface area contributed by atoms with E-state index >= 15 is 0 Å². The van der Waals surface area contributed by atoms with Gasteiger partial charge in [-0.05, 0) is 24.1 Å². The van der Waals surface area contributed by atoms with Crippen molar-refractivity contribution in [2.45, 2.75) is 11.3 Å². The lowest BCUT2D eigenvalue weighted by molar-refractivity contribution is 0.0955. The van der Waals surface area contributed by atoms with Crippen LogP contribution in [0.2, 0.25) is 0 Å². The maximum absolute atomic E-state index is 11.8. The number of nitrogens with one attached hydrogen (secondary N) is 2. The molecule has 2 aromatic rings. The predicted molar refractivity (Wildman–Crippen MR) is 76.9 cm³/mol. The van der Waals surface area contributed by atoms with Gasteiger partial charge in [-0.2, -0.15) is 5.10 Å². The summed E-state index contributed by atoms with van der Waals surface area (Å²) in [4.78, 5) is 11.8. The molecule has 6 N–H and O–H groups in total. The fourth-order valence-corrected chi connectivity index (χ4v) is 2.25. The van der Waals surface area contributed by atoms with Gasteiger partial charge in [0.1, 0.15) is 11.4 Å². The van der Waals surface area contributed by atoms with E-state index in [9.17, 15) is 13.2 Å². The van der Waals surface area contributed by atoms with E-state index in [1.54, 1.807) is 12.1 Å². The smallest absolute Gasteiger partial charge is 0.256 e. The Bertz CT molecular complexity index is 737. The molecule has 9 heteroatoms. The van der Waals surface area contributed by atoms with Crippen molar-refractivity contribution in [3.63, 3.8) is 0 Å². The van der Waals surface area contributed by atoms with Gasteiger partial charge in [-0.3, -0.25) is 9.89 Å². The van der Waals surface area contributed by atoms with Crippen molar-refractivity contribution in [3.05, 3.63) is 41.6 Å². The normalized spacial score (nSPS) is 11.3. The topological polar surface area (TPSA) is 144 Å². The number of hydrogen-bond acceptors (Lipinski definition) is 5. The molecule has 112 valence electrons. The number of carbonyl (C=O) groups excluding carboxylic acids is 1. The van der Waals surface area contributed by atoms with E-state index in [1.165, 1.54) is 18.3 Å². The highest BCUT2D eigenvalue weighted by molar-refractivity contribution is 7.89. The van der Waals surface area contributed by atoms with Gasteiger partial charge in [0.25, 0.3) is 5.91 Å². The average Bonchev–Trinajstić information content (AvgIpc) is 2.84. The number of aromatic amines is 1. The largest absolute Gasteiger partial charge is 0.383 e. The first kappa shape index (κ1) is 15.0. The SMILES string of the molecule is Nc1[nH]ncc1C(=O)NCCc1ccc(S(N)(=O)=O)cc1. The quantitative estimate of drug-likeness (QED) is 0.594. The van der Waals surface area contributed by atoms with Crippen LogP contribution in [-0.2, 0) is 16.4 Å². The van der Waals surface area contributed by atoms with E-state index in [0.717, 1.165) is 5.56 Å². The Kier molecular flexibility index (Phi) is 4.24. The lowest BCUT2D eigenvalue weighted by Crippen LogP contribution is -2.26. The van der Waals surface area contributed by atoms with E-state index < -0.39 is 10.0 Å². The lowest BCUT2D eigenvalue weighted by Gasteiger charge is -2.05. The number of carbonyl (C=O) groups is 1. The Morgan fingerprint density at radius 3 is 2.48 bits per heavy atom. The maximum atomic E-state index is 11.8. The molecule has 0 atom stereocenters. The lowest BCUT2D eigenvalue weighted by atomic mass is 10.1. The molecule has 0 saturated heterocycles. The van der Waals surface area contributed by atoms with Gasteiger partial charge < -0.3 is 11.1 Å². The number of aromatic nitrogens is 2. The molecule has 1 aromatic heterocycles. The second-order valence-corrected chi connectivity index (χ2v) is 5.95. The van der Waals surface area contributed by atoms with Crippen LogP contribution in [0.15, 0.2) is 35.4 Å². The predicted octanol–water partition coefficient (Wildman–Crippen LogP) is -0.388. The molecule has 0 aliphatic rings. The minimum absolute atomic E-state index is 0.0569. The summed E-state index contributed by atoms with van der Waals surface area (Å²) in [6, 6.07) is 6.16. The third-order valence-corrected chi connectivity index (χ3v) is 3.79. The summed E-state index contributed by atoms with van der Waals surface area (Å²) in [5, 5.41) is 13.8. The fourth-order valence-electron chi connectivity index (χ4n) is 1.74. The van der Waals surface area contributed by atoms with E-state index in [4.69, 9.17) is 10.9 Å². The number of primary sulfonamides is 1. The number of hydrogen-bond donors (Lipinski definition) is 4. The number of H-pyrrole nitrogens is 1. The highest BCUT2D eigenvalue weighted by Crippen LogP contribution is 2.09. The first-order valence-electron chi connectivity index (χ1n) is 6.06. The monoisotopic (exact) mass is 309 g/mol. The van der Waals surface area contributed by atoms with Crippen LogP contribution >= 0.6 is 0 Å². The Hall–Kier alpha value is -2.39. The minimum Gasteiger partial charge on any atom is -0.383 e. The molecule has 0 saturated carbocycles. The van der Waals surface area contributed by atoms with Gasteiger partial charge in [0.2, 0.25) is 10.0 Å². The molecule has 2 rings (SSSR count). The number of sulfonamides is 1. The zero-order chi connectivity index (χ0) is 15.5. The molecule has 8 nitrogen and oxygen atoms in total. The third kappa shape index (κ3) is 3.80. The molecule has 1 heterocycles. The molecular weight excluding hydrogens is 294 g/mol. The Labute approximate surface area is 121 Å². The van der Waals surface area contributed by atoms with Crippen molar-refractivity contribution < 1.29 is 13.2 Å². The van der Waals surface area contributed by atoms with Crippen LogP contribution in [0.1, 0.15) is 15.9 Å². The highest BCUT2D eigenvalue weighted by Gasteiger charge is 2.11. The summed E-state index contributed by atoms with van der Waals surface area (Å²) in [6.07, 6.45) is 1.90. The number of rotatable bonds is 5. The molecule has 0 radical (unpaired) electrons. The second kappa shape index (κ2) is 5.94. The zero-order valence-corrected chi connectivity index (χ0v) is 11.9. The Morgan fingerprint density at radius 2 is 1.95 bits per heavy atom. The standard InChI is InChI=1S/C12H15N5O3S/c13-11-10(7-16-17-11)12(18)15-6-5-8-1-3-9(4-2-8)21(14,19)20/h1-4,7H,5-6H2,(H,15,18)(H3,13,16,17)(H2,14,19,20). The number of nitrogen functional groups attached to an aromatic ring is 1. The molecule has 0 aliphatic heterocycles. The zero-order valence-electron chi connectivity index (χ0n) is 11.0. The maximum Gasteiger partial charge on any atom is 0.256 e. The Balaban J connectivity index is 1.89. The van der Waals surface area contributed by atoms with Crippen LogP contribution in [0.25, 0.3) is 0 Å². The molecule has 21 heavy (non-hydrogen) atoms. The molecular formula is C12H15N5O3S. The van der Waals surface area contributed by atoms with Gasteiger partial charge in [-0.1, -0.05) is 12.1 Å². The van der Waals surface area contributed by atoms with E-state index in [1.807, 2.05) is 0 Å². The number of amides is 1. The van der Waals surface area contributed by atoms with Gasteiger partial charge in [-0.15, -0.1) is 0 Å². The van der Waals surface area contributed by atoms with Gasteiger partial charge >= 0.3 is 0 Å². The highest BCUT2D eigenvalue weighted by atomic mass is 32.2. The van der Waals surface area contributed by atoms with Crippen LogP contribution in [0.4, 0.5) is 5.82 Å². The van der Waals surface area contributed by atoms with Crippen LogP contribution in [0, 0.1) is 0 Å². The van der Waals surface area contributed by atoms with Crippen molar-refractivity contribution in [2.24, 2.45) is 5.14 Å². The summed E-state index contributed by atoms with van der Waals surface area (Å²) in [6.45, 7) is 0.387. The fraction of sp³-hybridized carbons (Fsp3) is 0.167. The van der Waals surface area contributed by atoms with Gasteiger partial charge in [-0.25, -0.2) is 13.6 Å². The molecule has 0 aliphatic carbocycles. The van der Waals surface area contributed by atoms with Crippen molar-refractivity contribution >= 4 is 21.7 Å². The summed E-state index contributed by atoms with van der Waals surface area (Å²) >= 11 is 0. The molecule has 0 bridgehead atoms. The van der Waals surface area contributed by atoms with E-state index in [0.29, 0.717) is 18.5 Å². The molecule has 0 fully saturated rings. The average molecular weight is 309 g/mol. The van der Waals surface area contributed by atoms with Crippen molar-refractivity contribution in [2.75, 3.05) is 12.3 Å². The molecule has 0 unspecified atom stereocenters. The number of anilines is 1. The molecule has 0 spiro atoms. The van der Waals surface area contributed by atoms with E-state index in [-0.39, 0.29) is 16.6 Å². The number of nitrogens with zero attached hydrogens (tertiary/aromatic N) is 1. The minimum atomic E-state index is -3.68. The van der Waals surface area contributed by atoms with Crippen LogP contribution in [0.5, 0.6) is 0 Å². The summed E-state index contributed by atoms with van der Waals surface area (Å²) in [5.74, 6) is -0.104. The molecule has 1 amide bonds. The summed E-state index contributed by atoms with van der Waals surface area (Å²) in [5.41, 5.74) is 6.70. The first-order valence-corrected chi connectivity index (χ1v) is 7.61. The first-order chi connectivity index (χ1) is 9.88. The van der Waals surface area contributed by atoms with Crippen molar-refractivity contribution in [1.29, 1.82) is 0 Å². The van der Waals surface area contributed by atoms with Gasteiger partial charge in [0.15, 0.2) is 0 Å². The van der Waals surface area contributed by atoms with Gasteiger partial charge in [0.05, 0.1) is 11.1 Å². The summed E-state index contributed by atoms with van der Waals surface area (Å²) < 4.78 is 22.2. The molecule has 1 aromatic carbocycles. The van der Waals surface area contributed by atoms with Crippen LogP contribution in [0.3, 0.4) is 0 Å².